The number of halogens is 2. The van der Waals surface area contributed by atoms with Crippen LogP contribution in [0, 0.1) is 5.82 Å². The molecule has 0 bridgehead atoms. The lowest BCUT2D eigenvalue weighted by molar-refractivity contribution is 0.340. The third-order valence-electron chi connectivity index (χ3n) is 1.60. The molecule has 0 spiro atoms. The van der Waals surface area contributed by atoms with E-state index in [0.717, 1.165) is 0 Å². The minimum atomic E-state index is -1.08. The second-order valence-corrected chi connectivity index (χ2v) is 2.67. The van der Waals surface area contributed by atoms with Crippen molar-refractivity contribution in [2.45, 2.75) is 12.6 Å². The summed E-state index contributed by atoms with van der Waals surface area (Å²) in [6, 6.07) is 5.90. The summed E-state index contributed by atoms with van der Waals surface area (Å²) in [7, 11) is 0. The highest BCUT2D eigenvalue weighted by atomic mass is 19.1. The fourth-order valence-corrected chi connectivity index (χ4v) is 1.00. The predicted molar refractivity (Wildman–Crippen MR) is 44.1 cm³/mol. The lowest BCUT2D eigenvalue weighted by Gasteiger charge is -2.04. The topological polar surface area (TPSA) is 26.0 Å². The highest BCUT2D eigenvalue weighted by Gasteiger charge is 2.04. The summed E-state index contributed by atoms with van der Waals surface area (Å²) in [6.45, 7) is -0.0173. The van der Waals surface area contributed by atoms with Gasteiger partial charge in [-0.3, -0.25) is 0 Å². The zero-order chi connectivity index (χ0) is 8.97. The van der Waals surface area contributed by atoms with Gasteiger partial charge in [0.05, 0.1) is 0 Å². The molecule has 0 aliphatic heterocycles. The van der Waals surface area contributed by atoms with Crippen molar-refractivity contribution in [1.29, 1.82) is 0 Å². The van der Waals surface area contributed by atoms with E-state index in [1.165, 1.54) is 12.1 Å². The van der Waals surface area contributed by atoms with Crippen LogP contribution in [-0.4, -0.2) is 12.7 Å². The molecule has 0 aliphatic rings. The van der Waals surface area contributed by atoms with Crippen molar-refractivity contribution in [3.63, 3.8) is 0 Å². The lowest BCUT2D eigenvalue weighted by atomic mass is 10.1. The van der Waals surface area contributed by atoms with Crippen LogP contribution in [0.4, 0.5) is 8.78 Å². The Morgan fingerprint density at radius 2 is 2.17 bits per heavy atom. The van der Waals surface area contributed by atoms with Gasteiger partial charge in [0.15, 0.2) is 0 Å². The van der Waals surface area contributed by atoms with Crippen molar-refractivity contribution < 1.29 is 8.78 Å². The average Bonchev–Trinajstić information content (AvgIpc) is 2.04. The van der Waals surface area contributed by atoms with Crippen LogP contribution in [-0.2, 0) is 6.42 Å². The van der Waals surface area contributed by atoms with Gasteiger partial charge in [-0.15, -0.1) is 0 Å². The molecule has 0 aromatic heterocycles. The van der Waals surface area contributed by atoms with Gasteiger partial charge in [0, 0.05) is 13.0 Å². The SMILES string of the molecule is NC[C@H](F)Cc1cccc(F)c1. The van der Waals surface area contributed by atoms with Crippen LogP contribution >= 0.6 is 0 Å². The summed E-state index contributed by atoms with van der Waals surface area (Å²) in [5.74, 6) is -0.336. The van der Waals surface area contributed by atoms with E-state index in [0.29, 0.717) is 5.56 Å². The lowest BCUT2D eigenvalue weighted by Crippen LogP contribution is -2.17. The van der Waals surface area contributed by atoms with Crippen molar-refractivity contribution in [2.24, 2.45) is 5.73 Å². The Morgan fingerprint density at radius 1 is 1.42 bits per heavy atom. The van der Waals surface area contributed by atoms with Crippen molar-refractivity contribution in [2.75, 3.05) is 6.54 Å². The first-order valence-corrected chi connectivity index (χ1v) is 3.81. The molecule has 2 N–H and O–H groups in total. The Kier molecular flexibility index (Phi) is 3.17. The van der Waals surface area contributed by atoms with Crippen LogP contribution in [0.5, 0.6) is 0 Å². The summed E-state index contributed by atoms with van der Waals surface area (Å²) >= 11 is 0. The van der Waals surface area contributed by atoms with Crippen molar-refractivity contribution in [3.8, 4) is 0 Å². The number of rotatable bonds is 3. The van der Waals surface area contributed by atoms with Crippen LogP contribution in [0.15, 0.2) is 24.3 Å². The van der Waals surface area contributed by atoms with Crippen LogP contribution < -0.4 is 5.73 Å². The summed E-state index contributed by atoms with van der Waals surface area (Å²) in [4.78, 5) is 0. The molecule has 0 saturated heterocycles. The van der Waals surface area contributed by atoms with Crippen molar-refractivity contribution >= 4 is 0 Å². The van der Waals surface area contributed by atoms with E-state index in [9.17, 15) is 8.78 Å². The molecule has 0 saturated carbocycles. The van der Waals surface area contributed by atoms with E-state index in [1.54, 1.807) is 12.1 Å². The van der Waals surface area contributed by atoms with E-state index in [-0.39, 0.29) is 18.8 Å². The molecule has 0 amide bonds. The molecule has 1 nitrogen and oxygen atoms in total. The second-order valence-electron chi connectivity index (χ2n) is 2.67. The minimum Gasteiger partial charge on any atom is -0.328 e. The highest BCUT2D eigenvalue weighted by Crippen LogP contribution is 2.07. The Bertz CT molecular complexity index is 250. The van der Waals surface area contributed by atoms with Crippen LogP contribution in [0.3, 0.4) is 0 Å². The number of nitrogens with two attached hydrogens (primary N) is 1. The third kappa shape index (κ3) is 2.58. The smallest absolute Gasteiger partial charge is 0.123 e. The zero-order valence-corrected chi connectivity index (χ0v) is 6.63. The summed E-state index contributed by atoms with van der Waals surface area (Å²) in [5, 5.41) is 0. The van der Waals surface area contributed by atoms with Crippen molar-refractivity contribution in [3.05, 3.63) is 35.6 Å². The number of hydrogen-bond acceptors (Lipinski definition) is 1. The maximum Gasteiger partial charge on any atom is 0.123 e. The van der Waals surface area contributed by atoms with Gasteiger partial charge in [0.25, 0.3) is 0 Å². The molecule has 1 aromatic carbocycles. The van der Waals surface area contributed by atoms with E-state index < -0.39 is 6.17 Å². The van der Waals surface area contributed by atoms with Crippen LogP contribution in [0.1, 0.15) is 5.56 Å². The molecule has 0 unspecified atom stereocenters. The first kappa shape index (κ1) is 9.13. The molecular formula is C9H11F2N. The molecule has 12 heavy (non-hydrogen) atoms. The Morgan fingerprint density at radius 3 is 2.75 bits per heavy atom. The molecule has 1 aromatic rings. The minimum absolute atomic E-state index is 0.0173. The Labute approximate surface area is 70.2 Å². The summed E-state index contributed by atoms with van der Waals surface area (Å²) < 4.78 is 25.3. The number of benzene rings is 1. The number of hydrogen-bond donors (Lipinski definition) is 1. The fourth-order valence-electron chi connectivity index (χ4n) is 1.00. The summed E-state index contributed by atoms with van der Waals surface area (Å²) in [5.41, 5.74) is 5.74. The molecule has 0 radical (unpaired) electrons. The molecule has 1 atom stereocenters. The fraction of sp³-hybridized carbons (Fsp3) is 0.333. The zero-order valence-electron chi connectivity index (χ0n) is 6.63. The monoisotopic (exact) mass is 171 g/mol. The molecule has 0 fully saturated rings. The molecule has 0 heterocycles. The first-order valence-electron chi connectivity index (χ1n) is 3.81. The summed E-state index contributed by atoms with van der Waals surface area (Å²) in [6.07, 6.45) is -0.888. The Balaban J connectivity index is 2.63. The normalized spacial score (nSPS) is 12.9. The molecule has 3 heteroatoms. The van der Waals surface area contributed by atoms with Gasteiger partial charge in [-0.2, -0.15) is 0 Å². The Hall–Kier alpha value is -0.960. The quantitative estimate of drug-likeness (QED) is 0.735. The van der Waals surface area contributed by atoms with Crippen LogP contribution in [0.25, 0.3) is 0 Å². The molecule has 0 aliphatic carbocycles. The van der Waals surface area contributed by atoms with E-state index >= 15 is 0 Å². The molecule has 1 rings (SSSR count). The van der Waals surface area contributed by atoms with Gasteiger partial charge in [-0.1, -0.05) is 12.1 Å². The van der Waals surface area contributed by atoms with Gasteiger partial charge in [0.2, 0.25) is 0 Å². The predicted octanol–water partition coefficient (Wildman–Crippen LogP) is 1.66. The first-order chi connectivity index (χ1) is 5.72. The van der Waals surface area contributed by atoms with E-state index in [2.05, 4.69) is 0 Å². The highest BCUT2D eigenvalue weighted by molar-refractivity contribution is 5.17. The number of alkyl halides is 1. The average molecular weight is 171 g/mol. The third-order valence-corrected chi connectivity index (χ3v) is 1.60. The van der Waals surface area contributed by atoms with Gasteiger partial charge in [0.1, 0.15) is 12.0 Å². The van der Waals surface area contributed by atoms with Crippen LogP contribution in [0.2, 0.25) is 0 Å². The second kappa shape index (κ2) is 4.16. The standard InChI is InChI=1S/C9H11F2N/c10-8-3-1-2-7(4-8)5-9(11)6-12/h1-4,9H,5-6,12H2/t9-/m1/s1. The van der Waals surface area contributed by atoms with Gasteiger partial charge < -0.3 is 5.73 Å². The maximum atomic E-state index is 12.7. The van der Waals surface area contributed by atoms with Crippen molar-refractivity contribution in [1.82, 2.24) is 0 Å². The van der Waals surface area contributed by atoms with E-state index in [1.807, 2.05) is 0 Å². The largest absolute Gasteiger partial charge is 0.328 e. The maximum absolute atomic E-state index is 12.7. The van der Waals surface area contributed by atoms with E-state index in [4.69, 9.17) is 5.73 Å². The molecule has 66 valence electrons. The van der Waals surface area contributed by atoms with Gasteiger partial charge >= 0.3 is 0 Å². The van der Waals surface area contributed by atoms with Gasteiger partial charge in [-0.05, 0) is 17.7 Å². The molecular weight excluding hydrogens is 160 g/mol. The van der Waals surface area contributed by atoms with Gasteiger partial charge in [-0.25, -0.2) is 8.78 Å².